The Bertz CT molecular complexity index is 1010. The first-order valence-electron chi connectivity index (χ1n) is 11.3. The minimum atomic E-state index is -0.0493. The number of oxazole rings is 1. The van der Waals surface area contributed by atoms with Crippen LogP contribution in [0.5, 0.6) is 5.75 Å². The molecule has 0 spiro atoms. The zero-order chi connectivity index (χ0) is 22.3. The summed E-state index contributed by atoms with van der Waals surface area (Å²) >= 11 is 0. The van der Waals surface area contributed by atoms with Gasteiger partial charge in [0.25, 0.3) is 0 Å². The van der Waals surface area contributed by atoms with Crippen molar-refractivity contribution in [3.05, 3.63) is 66.2 Å². The van der Waals surface area contributed by atoms with E-state index in [0.717, 1.165) is 29.5 Å². The lowest BCUT2D eigenvalue weighted by Gasteiger charge is -2.30. The monoisotopic (exact) mass is 433 g/mol. The van der Waals surface area contributed by atoms with E-state index in [0.29, 0.717) is 24.5 Å². The molecule has 6 heteroatoms. The van der Waals surface area contributed by atoms with Gasteiger partial charge in [-0.1, -0.05) is 19.1 Å². The maximum atomic E-state index is 12.4. The molecule has 6 nitrogen and oxygen atoms in total. The van der Waals surface area contributed by atoms with Gasteiger partial charge in [0.2, 0.25) is 5.91 Å². The lowest BCUT2D eigenvalue weighted by atomic mass is 10.00. The molecular formula is C26H31N3O3. The Morgan fingerprint density at radius 2 is 1.97 bits per heavy atom. The summed E-state index contributed by atoms with van der Waals surface area (Å²) in [5.74, 6) is 2.75. The van der Waals surface area contributed by atoms with Gasteiger partial charge in [0.1, 0.15) is 5.75 Å². The van der Waals surface area contributed by atoms with Crippen LogP contribution >= 0.6 is 0 Å². The molecule has 0 saturated carbocycles. The van der Waals surface area contributed by atoms with Crippen LogP contribution in [0.2, 0.25) is 0 Å². The molecule has 1 amide bonds. The van der Waals surface area contributed by atoms with Crippen LogP contribution in [0, 0.1) is 5.92 Å². The number of aromatic nitrogens is 1. The Kier molecular flexibility index (Phi) is 7.22. The van der Waals surface area contributed by atoms with Crippen molar-refractivity contribution in [3.8, 4) is 17.1 Å². The number of amides is 1. The summed E-state index contributed by atoms with van der Waals surface area (Å²) in [5, 5.41) is 2.97. The number of carbonyl (C=O) groups is 1. The number of aryl methyl sites for hydroxylation is 1. The Morgan fingerprint density at radius 1 is 1.19 bits per heavy atom. The Morgan fingerprint density at radius 3 is 2.69 bits per heavy atom. The van der Waals surface area contributed by atoms with Crippen LogP contribution in [0.15, 0.2) is 59.1 Å². The number of hydrogen-bond acceptors (Lipinski definition) is 5. The van der Waals surface area contributed by atoms with Gasteiger partial charge in [0.05, 0.1) is 13.3 Å². The molecule has 0 radical (unpaired) electrons. The molecule has 168 valence electrons. The second-order valence-electron chi connectivity index (χ2n) is 8.57. The number of nitrogens with zero attached hydrogens (tertiary/aromatic N) is 2. The fourth-order valence-electron chi connectivity index (χ4n) is 4.14. The number of benzene rings is 2. The summed E-state index contributed by atoms with van der Waals surface area (Å²) in [7, 11) is 1.64. The van der Waals surface area contributed by atoms with E-state index >= 15 is 0 Å². The van der Waals surface area contributed by atoms with Crippen molar-refractivity contribution in [3.63, 3.8) is 0 Å². The summed E-state index contributed by atoms with van der Waals surface area (Å²) in [6, 6.07) is 15.8. The van der Waals surface area contributed by atoms with Crippen molar-refractivity contribution in [1.82, 2.24) is 9.88 Å². The van der Waals surface area contributed by atoms with Crippen LogP contribution < -0.4 is 10.1 Å². The summed E-state index contributed by atoms with van der Waals surface area (Å²) in [6.07, 6.45) is 5.07. The van der Waals surface area contributed by atoms with E-state index in [1.807, 2.05) is 36.4 Å². The quantitative estimate of drug-likeness (QED) is 0.532. The first kappa shape index (κ1) is 22.1. The number of carbonyl (C=O) groups excluding carboxylic acids is 1. The molecule has 1 saturated heterocycles. The lowest BCUT2D eigenvalue weighted by Crippen LogP contribution is -2.33. The topological polar surface area (TPSA) is 67.6 Å². The SMILES string of the molecule is COc1ccc(-c2cnc(CCC(=O)Nc3ccc(CN4CCCC(C)C4)cc3)o2)cc1. The van der Waals surface area contributed by atoms with Crippen molar-refractivity contribution >= 4 is 11.6 Å². The molecule has 4 rings (SSSR count). The molecule has 1 atom stereocenters. The maximum Gasteiger partial charge on any atom is 0.224 e. The molecule has 1 aliphatic rings. The standard InChI is InChI=1S/C26H31N3O3/c1-19-4-3-15-29(17-19)18-20-5-9-22(10-6-20)28-25(30)13-14-26-27-16-24(32-26)21-7-11-23(31-2)12-8-21/h5-12,16,19H,3-4,13-15,17-18H2,1-2H3,(H,28,30). The van der Waals surface area contributed by atoms with Gasteiger partial charge in [-0.3, -0.25) is 9.69 Å². The molecular weight excluding hydrogens is 402 g/mol. The number of hydrogen-bond donors (Lipinski definition) is 1. The summed E-state index contributed by atoms with van der Waals surface area (Å²) < 4.78 is 11.0. The predicted molar refractivity (Wildman–Crippen MR) is 126 cm³/mol. The lowest BCUT2D eigenvalue weighted by molar-refractivity contribution is -0.116. The number of piperidine rings is 1. The fraction of sp³-hybridized carbons (Fsp3) is 0.385. The number of anilines is 1. The van der Waals surface area contributed by atoms with E-state index in [4.69, 9.17) is 9.15 Å². The second-order valence-corrected chi connectivity index (χ2v) is 8.57. The maximum absolute atomic E-state index is 12.4. The average molecular weight is 434 g/mol. The highest BCUT2D eigenvalue weighted by atomic mass is 16.5. The normalized spacial score (nSPS) is 16.6. The van der Waals surface area contributed by atoms with E-state index in [1.165, 1.54) is 31.5 Å². The molecule has 1 unspecified atom stereocenters. The third kappa shape index (κ3) is 5.98. The Hall–Kier alpha value is -3.12. The number of likely N-dealkylation sites (tertiary alicyclic amines) is 1. The highest BCUT2D eigenvalue weighted by Crippen LogP contribution is 2.24. The highest BCUT2D eigenvalue weighted by Gasteiger charge is 2.16. The van der Waals surface area contributed by atoms with E-state index in [-0.39, 0.29) is 5.91 Å². The van der Waals surface area contributed by atoms with Crippen LogP contribution in [0.3, 0.4) is 0 Å². The zero-order valence-corrected chi connectivity index (χ0v) is 18.8. The van der Waals surface area contributed by atoms with Crippen molar-refractivity contribution in [2.24, 2.45) is 5.92 Å². The predicted octanol–water partition coefficient (Wildman–Crippen LogP) is 5.15. The number of nitrogens with one attached hydrogen (secondary N) is 1. The van der Waals surface area contributed by atoms with Crippen molar-refractivity contribution in [2.45, 2.75) is 39.2 Å². The minimum absolute atomic E-state index is 0.0493. The molecule has 1 fully saturated rings. The molecule has 1 aromatic heterocycles. The third-order valence-electron chi connectivity index (χ3n) is 5.88. The van der Waals surface area contributed by atoms with Crippen molar-refractivity contribution in [1.29, 1.82) is 0 Å². The van der Waals surface area contributed by atoms with E-state index in [2.05, 4.69) is 34.3 Å². The van der Waals surface area contributed by atoms with Gasteiger partial charge < -0.3 is 14.5 Å². The van der Waals surface area contributed by atoms with E-state index < -0.39 is 0 Å². The summed E-state index contributed by atoms with van der Waals surface area (Å²) in [4.78, 5) is 19.2. The van der Waals surface area contributed by atoms with Gasteiger partial charge in [0.15, 0.2) is 11.7 Å². The van der Waals surface area contributed by atoms with Crippen molar-refractivity contribution in [2.75, 3.05) is 25.5 Å². The highest BCUT2D eigenvalue weighted by molar-refractivity contribution is 5.90. The molecule has 32 heavy (non-hydrogen) atoms. The molecule has 2 heterocycles. The third-order valence-corrected chi connectivity index (χ3v) is 5.88. The van der Waals surface area contributed by atoms with E-state index in [9.17, 15) is 4.79 Å². The number of methoxy groups -OCH3 is 1. The minimum Gasteiger partial charge on any atom is -0.497 e. The molecule has 0 bridgehead atoms. The molecule has 2 aromatic carbocycles. The zero-order valence-electron chi connectivity index (χ0n) is 18.8. The van der Waals surface area contributed by atoms with Gasteiger partial charge >= 0.3 is 0 Å². The van der Waals surface area contributed by atoms with Gasteiger partial charge in [-0.15, -0.1) is 0 Å². The van der Waals surface area contributed by atoms with Gasteiger partial charge in [-0.25, -0.2) is 4.98 Å². The Balaban J connectivity index is 1.24. The van der Waals surface area contributed by atoms with E-state index in [1.54, 1.807) is 13.3 Å². The first-order valence-corrected chi connectivity index (χ1v) is 11.3. The average Bonchev–Trinajstić information content (AvgIpc) is 3.28. The summed E-state index contributed by atoms with van der Waals surface area (Å²) in [6.45, 7) is 5.63. The van der Waals surface area contributed by atoms with Crippen LogP contribution in [0.4, 0.5) is 5.69 Å². The van der Waals surface area contributed by atoms with Crippen LogP contribution in [0.25, 0.3) is 11.3 Å². The van der Waals surface area contributed by atoms with Crippen LogP contribution in [-0.4, -0.2) is 36.0 Å². The van der Waals surface area contributed by atoms with Gasteiger partial charge in [-0.05, 0) is 67.3 Å². The number of rotatable bonds is 8. The number of ether oxygens (including phenoxy) is 1. The summed E-state index contributed by atoms with van der Waals surface area (Å²) in [5.41, 5.74) is 3.02. The molecule has 1 aliphatic heterocycles. The molecule has 0 aliphatic carbocycles. The fourth-order valence-corrected chi connectivity index (χ4v) is 4.14. The van der Waals surface area contributed by atoms with Crippen molar-refractivity contribution < 1.29 is 13.9 Å². The second kappa shape index (κ2) is 10.5. The molecule has 1 N–H and O–H groups in total. The Labute approximate surface area is 189 Å². The van der Waals surface area contributed by atoms with Gasteiger partial charge in [-0.2, -0.15) is 0 Å². The van der Waals surface area contributed by atoms with Crippen LogP contribution in [-0.2, 0) is 17.8 Å². The van der Waals surface area contributed by atoms with Gasteiger partial charge in [0, 0.05) is 37.2 Å². The molecule has 3 aromatic rings. The van der Waals surface area contributed by atoms with Crippen LogP contribution in [0.1, 0.15) is 37.6 Å². The largest absolute Gasteiger partial charge is 0.497 e. The first-order chi connectivity index (χ1) is 15.6. The smallest absolute Gasteiger partial charge is 0.224 e.